The van der Waals surface area contributed by atoms with Gasteiger partial charge in [-0.25, -0.2) is 5.43 Å². The first-order chi connectivity index (χ1) is 8.69. The number of hydrogen-bond donors (Lipinski definition) is 2. The number of benzene rings is 1. The first-order valence-electron chi connectivity index (χ1n) is 5.45. The summed E-state index contributed by atoms with van der Waals surface area (Å²) in [6.45, 7) is 0. The third kappa shape index (κ3) is 2.27. The van der Waals surface area contributed by atoms with Crippen LogP contribution in [0.1, 0.15) is 17.3 Å². The number of ether oxygens (including phenoxy) is 1. The smallest absolute Gasteiger partial charge is 0.124 e. The predicted octanol–water partition coefficient (Wildman–Crippen LogP) is 1.74. The summed E-state index contributed by atoms with van der Waals surface area (Å²) >= 11 is 3.48. The Morgan fingerprint density at radius 3 is 2.72 bits per heavy atom. The van der Waals surface area contributed by atoms with Gasteiger partial charge in [0.05, 0.1) is 29.5 Å². The fourth-order valence-corrected chi connectivity index (χ4v) is 2.54. The highest BCUT2D eigenvalue weighted by Crippen LogP contribution is 2.32. The van der Waals surface area contributed by atoms with Crippen molar-refractivity contribution in [3.63, 3.8) is 0 Å². The lowest BCUT2D eigenvalue weighted by atomic mass is 10.0. The van der Waals surface area contributed by atoms with Crippen LogP contribution in [0.15, 0.2) is 34.9 Å². The minimum atomic E-state index is -0.192. The standard InChI is InChI=1S/C12H15BrN4O/c1-17-12(9(13)7-15-17)11(16-14)8-5-3-4-6-10(8)18-2/h3-7,11,16H,14H2,1-2H3. The van der Waals surface area contributed by atoms with E-state index in [1.807, 2.05) is 31.3 Å². The number of methoxy groups -OCH3 is 1. The molecule has 0 amide bonds. The molecule has 1 unspecified atom stereocenters. The number of nitrogens with zero attached hydrogens (tertiary/aromatic N) is 2. The monoisotopic (exact) mass is 310 g/mol. The lowest BCUT2D eigenvalue weighted by molar-refractivity contribution is 0.402. The largest absolute Gasteiger partial charge is 0.496 e. The number of hydrogen-bond acceptors (Lipinski definition) is 4. The molecule has 5 nitrogen and oxygen atoms in total. The SMILES string of the molecule is COc1ccccc1C(NN)c1c(Br)cnn1C. The molecule has 0 saturated heterocycles. The number of nitrogens with one attached hydrogen (secondary N) is 1. The first kappa shape index (κ1) is 13.1. The molecule has 2 rings (SSSR count). The van der Waals surface area contributed by atoms with E-state index in [2.05, 4.69) is 26.5 Å². The van der Waals surface area contributed by atoms with E-state index in [1.165, 1.54) is 0 Å². The maximum Gasteiger partial charge on any atom is 0.124 e. The van der Waals surface area contributed by atoms with Crippen molar-refractivity contribution in [3.05, 3.63) is 46.2 Å². The third-order valence-corrected chi connectivity index (χ3v) is 3.44. The molecule has 0 aliphatic heterocycles. The maximum atomic E-state index is 5.69. The van der Waals surface area contributed by atoms with Crippen molar-refractivity contribution >= 4 is 15.9 Å². The van der Waals surface area contributed by atoms with Gasteiger partial charge in [0.1, 0.15) is 5.75 Å². The number of aryl methyl sites for hydroxylation is 1. The molecule has 0 fully saturated rings. The van der Waals surface area contributed by atoms with Crippen LogP contribution in [0.5, 0.6) is 5.75 Å². The molecule has 0 saturated carbocycles. The van der Waals surface area contributed by atoms with Crippen LogP contribution in [0.25, 0.3) is 0 Å². The summed E-state index contributed by atoms with van der Waals surface area (Å²) < 4.78 is 8.05. The molecule has 1 aromatic carbocycles. The van der Waals surface area contributed by atoms with Gasteiger partial charge < -0.3 is 4.74 Å². The number of rotatable bonds is 4. The van der Waals surface area contributed by atoms with Crippen LogP contribution in [0.4, 0.5) is 0 Å². The van der Waals surface area contributed by atoms with E-state index in [1.54, 1.807) is 18.0 Å². The third-order valence-electron chi connectivity index (χ3n) is 2.83. The van der Waals surface area contributed by atoms with E-state index in [-0.39, 0.29) is 6.04 Å². The zero-order valence-corrected chi connectivity index (χ0v) is 11.8. The molecule has 0 spiro atoms. The van der Waals surface area contributed by atoms with Crippen molar-refractivity contribution in [1.29, 1.82) is 0 Å². The highest BCUT2D eigenvalue weighted by atomic mass is 79.9. The molecular weight excluding hydrogens is 296 g/mol. The molecular formula is C12H15BrN4O. The Hall–Kier alpha value is -1.37. The summed E-state index contributed by atoms with van der Waals surface area (Å²) in [5.41, 5.74) is 4.72. The summed E-state index contributed by atoms with van der Waals surface area (Å²) in [4.78, 5) is 0. The minimum Gasteiger partial charge on any atom is -0.496 e. The van der Waals surface area contributed by atoms with Crippen LogP contribution in [0.2, 0.25) is 0 Å². The second-order valence-electron chi connectivity index (χ2n) is 3.84. The Labute approximate surface area is 114 Å². The van der Waals surface area contributed by atoms with Crippen LogP contribution in [-0.4, -0.2) is 16.9 Å². The van der Waals surface area contributed by atoms with Crippen LogP contribution in [0.3, 0.4) is 0 Å². The molecule has 0 aliphatic rings. The second kappa shape index (κ2) is 5.51. The highest BCUT2D eigenvalue weighted by Gasteiger charge is 2.22. The Morgan fingerprint density at radius 2 is 2.17 bits per heavy atom. The highest BCUT2D eigenvalue weighted by molar-refractivity contribution is 9.10. The summed E-state index contributed by atoms with van der Waals surface area (Å²) in [7, 11) is 3.52. The van der Waals surface area contributed by atoms with Crippen LogP contribution in [-0.2, 0) is 7.05 Å². The van der Waals surface area contributed by atoms with E-state index in [0.717, 1.165) is 21.5 Å². The maximum absolute atomic E-state index is 5.69. The Kier molecular flexibility index (Phi) is 4.00. The van der Waals surface area contributed by atoms with Crippen LogP contribution in [0, 0.1) is 0 Å². The molecule has 96 valence electrons. The normalized spacial score (nSPS) is 12.4. The van der Waals surface area contributed by atoms with E-state index >= 15 is 0 Å². The molecule has 2 aromatic rings. The van der Waals surface area contributed by atoms with Gasteiger partial charge in [-0.2, -0.15) is 5.10 Å². The quantitative estimate of drug-likeness (QED) is 0.667. The molecule has 0 bridgehead atoms. The topological polar surface area (TPSA) is 65.1 Å². The Balaban J connectivity index is 2.52. The first-order valence-corrected chi connectivity index (χ1v) is 6.24. The van der Waals surface area contributed by atoms with E-state index < -0.39 is 0 Å². The van der Waals surface area contributed by atoms with Crippen LogP contribution >= 0.6 is 15.9 Å². The average molecular weight is 311 g/mol. The Bertz CT molecular complexity index is 521. The molecule has 1 aromatic heterocycles. The van der Waals surface area contributed by atoms with Crippen molar-refractivity contribution in [3.8, 4) is 5.75 Å². The summed E-state index contributed by atoms with van der Waals surface area (Å²) in [6.07, 6.45) is 1.75. The molecule has 0 radical (unpaired) electrons. The summed E-state index contributed by atoms with van der Waals surface area (Å²) in [5, 5.41) is 4.20. The molecule has 0 aliphatic carbocycles. The molecule has 1 heterocycles. The molecule has 3 N–H and O–H groups in total. The van der Waals surface area contributed by atoms with Crippen LogP contribution < -0.4 is 16.0 Å². The number of nitrogens with two attached hydrogens (primary N) is 1. The van der Waals surface area contributed by atoms with Gasteiger partial charge in [-0.05, 0) is 22.0 Å². The summed E-state index contributed by atoms with van der Waals surface area (Å²) in [6, 6.07) is 7.57. The van der Waals surface area contributed by atoms with Gasteiger partial charge in [-0.1, -0.05) is 18.2 Å². The van der Waals surface area contributed by atoms with Gasteiger partial charge in [0.25, 0.3) is 0 Å². The number of halogens is 1. The van der Waals surface area contributed by atoms with Gasteiger partial charge in [-0.3, -0.25) is 10.5 Å². The predicted molar refractivity (Wildman–Crippen MR) is 73.1 cm³/mol. The van der Waals surface area contributed by atoms with Crippen molar-refractivity contribution < 1.29 is 4.74 Å². The lowest BCUT2D eigenvalue weighted by Crippen LogP contribution is -2.31. The van der Waals surface area contributed by atoms with Gasteiger partial charge in [-0.15, -0.1) is 0 Å². The van der Waals surface area contributed by atoms with Gasteiger partial charge in [0.15, 0.2) is 0 Å². The fraction of sp³-hybridized carbons (Fsp3) is 0.250. The lowest BCUT2D eigenvalue weighted by Gasteiger charge is -2.19. The zero-order valence-electron chi connectivity index (χ0n) is 10.2. The number of para-hydroxylation sites is 1. The van der Waals surface area contributed by atoms with E-state index in [0.29, 0.717) is 0 Å². The number of hydrazine groups is 1. The molecule has 1 atom stereocenters. The zero-order chi connectivity index (χ0) is 13.1. The average Bonchev–Trinajstić information content (AvgIpc) is 2.72. The van der Waals surface area contributed by atoms with Crippen molar-refractivity contribution in [2.45, 2.75) is 6.04 Å². The van der Waals surface area contributed by atoms with Crippen molar-refractivity contribution in [1.82, 2.24) is 15.2 Å². The van der Waals surface area contributed by atoms with Gasteiger partial charge in [0, 0.05) is 12.6 Å². The number of aromatic nitrogens is 2. The van der Waals surface area contributed by atoms with Gasteiger partial charge in [0.2, 0.25) is 0 Å². The summed E-state index contributed by atoms with van der Waals surface area (Å²) in [5.74, 6) is 6.48. The fourth-order valence-electron chi connectivity index (χ4n) is 1.97. The second-order valence-corrected chi connectivity index (χ2v) is 4.70. The van der Waals surface area contributed by atoms with E-state index in [9.17, 15) is 0 Å². The van der Waals surface area contributed by atoms with Crippen molar-refractivity contribution in [2.24, 2.45) is 12.9 Å². The molecule has 18 heavy (non-hydrogen) atoms. The minimum absolute atomic E-state index is 0.192. The van der Waals surface area contributed by atoms with Crippen molar-refractivity contribution in [2.75, 3.05) is 7.11 Å². The van der Waals surface area contributed by atoms with E-state index in [4.69, 9.17) is 10.6 Å². The van der Waals surface area contributed by atoms with Gasteiger partial charge >= 0.3 is 0 Å². The molecule has 6 heteroatoms. The Morgan fingerprint density at radius 1 is 1.44 bits per heavy atom.